The molecule has 0 saturated heterocycles. The molecule has 1 atom stereocenters. The van der Waals surface area contributed by atoms with E-state index in [9.17, 15) is 9.59 Å². The second-order valence-electron chi connectivity index (χ2n) is 7.97. The molecule has 4 aromatic rings. The molecule has 0 saturated carbocycles. The SMILES string of the molecule is COCCn1c(SC(C)C(=O)Nc2ccccc2-c2ccccc2)nc2sc(C)c(C)c2c1=O. The fraction of sp³-hybridized carbons (Fsp3) is 0.269. The summed E-state index contributed by atoms with van der Waals surface area (Å²) in [4.78, 5) is 33.0. The Labute approximate surface area is 207 Å². The van der Waals surface area contributed by atoms with Crippen molar-refractivity contribution in [3.8, 4) is 11.1 Å². The molecule has 0 radical (unpaired) electrons. The summed E-state index contributed by atoms with van der Waals surface area (Å²) >= 11 is 2.79. The topological polar surface area (TPSA) is 73.2 Å². The summed E-state index contributed by atoms with van der Waals surface area (Å²) in [7, 11) is 1.60. The van der Waals surface area contributed by atoms with Crippen molar-refractivity contribution in [2.24, 2.45) is 0 Å². The Bertz CT molecular complexity index is 1380. The minimum Gasteiger partial charge on any atom is -0.383 e. The fourth-order valence-electron chi connectivity index (χ4n) is 3.69. The molecule has 1 unspecified atom stereocenters. The largest absolute Gasteiger partial charge is 0.383 e. The number of aromatic nitrogens is 2. The molecule has 8 heteroatoms. The number of nitrogens with zero attached hydrogens (tertiary/aromatic N) is 2. The number of hydrogen-bond acceptors (Lipinski definition) is 6. The number of rotatable bonds is 8. The summed E-state index contributed by atoms with van der Waals surface area (Å²) < 4.78 is 6.84. The van der Waals surface area contributed by atoms with Crippen LogP contribution < -0.4 is 10.9 Å². The number of para-hydroxylation sites is 1. The molecule has 0 spiro atoms. The number of amides is 1. The van der Waals surface area contributed by atoms with Gasteiger partial charge in [0.2, 0.25) is 5.91 Å². The number of benzene rings is 2. The summed E-state index contributed by atoms with van der Waals surface area (Å²) in [5, 5.41) is 3.76. The van der Waals surface area contributed by atoms with Crippen LogP contribution in [-0.2, 0) is 16.1 Å². The molecule has 0 aliphatic carbocycles. The molecule has 0 bridgehead atoms. The van der Waals surface area contributed by atoms with Gasteiger partial charge in [-0.05, 0) is 38.0 Å². The van der Waals surface area contributed by atoms with Crippen LogP contribution in [0.2, 0.25) is 0 Å². The monoisotopic (exact) mass is 493 g/mol. The van der Waals surface area contributed by atoms with E-state index in [0.717, 1.165) is 27.3 Å². The maximum absolute atomic E-state index is 13.3. The van der Waals surface area contributed by atoms with Crippen molar-refractivity contribution in [3.05, 3.63) is 75.4 Å². The van der Waals surface area contributed by atoms with Crippen LogP contribution in [0.15, 0.2) is 64.5 Å². The highest BCUT2D eigenvalue weighted by Gasteiger charge is 2.22. The van der Waals surface area contributed by atoms with Crippen molar-refractivity contribution in [2.75, 3.05) is 19.0 Å². The molecule has 0 fully saturated rings. The summed E-state index contributed by atoms with van der Waals surface area (Å²) in [6, 6.07) is 17.7. The minimum atomic E-state index is -0.468. The van der Waals surface area contributed by atoms with E-state index < -0.39 is 5.25 Å². The van der Waals surface area contributed by atoms with Crippen LogP contribution in [0.3, 0.4) is 0 Å². The van der Waals surface area contributed by atoms with Crippen molar-refractivity contribution in [1.29, 1.82) is 0 Å². The van der Waals surface area contributed by atoms with Crippen LogP contribution in [0.4, 0.5) is 5.69 Å². The number of methoxy groups -OCH3 is 1. The van der Waals surface area contributed by atoms with Crippen LogP contribution in [0.1, 0.15) is 17.4 Å². The molecule has 0 aliphatic rings. The zero-order valence-electron chi connectivity index (χ0n) is 19.6. The third-order valence-corrected chi connectivity index (χ3v) is 7.89. The van der Waals surface area contributed by atoms with Gasteiger partial charge in [0.25, 0.3) is 5.56 Å². The average Bonchev–Trinajstić information content (AvgIpc) is 3.12. The van der Waals surface area contributed by atoms with Crippen LogP contribution in [0.5, 0.6) is 0 Å². The van der Waals surface area contributed by atoms with E-state index >= 15 is 0 Å². The second kappa shape index (κ2) is 10.5. The molecule has 6 nitrogen and oxygen atoms in total. The highest BCUT2D eigenvalue weighted by atomic mass is 32.2. The lowest BCUT2D eigenvalue weighted by molar-refractivity contribution is -0.115. The number of hydrogen-bond donors (Lipinski definition) is 1. The fourth-order valence-corrected chi connectivity index (χ4v) is 5.69. The first-order chi connectivity index (χ1) is 16.4. The van der Waals surface area contributed by atoms with Gasteiger partial charge in [0.05, 0.1) is 23.8 Å². The Hall–Kier alpha value is -2.94. The number of fused-ring (bicyclic) bond motifs is 1. The Morgan fingerprint density at radius 2 is 1.85 bits per heavy atom. The normalized spacial score (nSPS) is 12.1. The predicted octanol–water partition coefficient (Wildman–Crippen LogP) is 5.51. The highest BCUT2D eigenvalue weighted by molar-refractivity contribution is 8.00. The molecule has 4 rings (SSSR count). The molecular weight excluding hydrogens is 466 g/mol. The van der Waals surface area contributed by atoms with Crippen molar-refractivity contribution >= 4 is 44.9 Å². The van der Waals surface area contributed by atoms with E-state index in [0.29, 0.717) is 28.5 Å². The number of nitrogens with one attached hydrogen (secondary N) is 1. The average molecular weight is 494 g/mol. The lowest BCUT2D eigenvalue weighted by Crippen LogP contribution is -2.28. The van der Waals surface area contributed by atoms with Gasteiger partial charge in [0, 0.05) is 23.2 Å². The van der Waals surface area contributed by atoms with Gasteiger partial charge in [-0.1, -0.05) is 60.3 Å². The van der Waals surface area contributed by atoms with Gasteiger partial charge in [0.1, 0.15) is 4.83 Å². The van der Waals surface area contributed by atoms with Crippen LogP contribution in [0.25, 0.3) is 21.3 Å². The number of thioether (sulfide) groups is 1. The number of anilines is 1. The van der Waals surface area contributed by atoms with Crippen molar-refractivity contribution < 1.29 is 9.53 Å². The van der Waals surface area contributed by atoms with Crippen LogP contribution in [-0.4, -0.2) is 34.4 Å². The Kier molecular flexibility index (Phi) is 7.50. The van der Waals surface area contributed by atoms with Gasteiger partial charge in [-0.2, -0.15) is 0 Å². The third kappa shape index (κ3) is 4.94. The maximum atomic E-state index is 13.3. The summed E-state index contributed by atoms with van der Waals surface area (Å²) in [5.74, 6) is -0.153. The zero-order valence-corrected chi connectivity index (χ0v) is 21.3. The summed E-state index contributed by atoms with van der Waals surface area (Å²) in [6.45, 7) is 6.53. The van der Waals surface area contributed by atoms with E-state index in [1.807, 2.05) is 75.4 Å². The first kappa shape index (κ1) is 24.2. The van der Waals surface area contributed by atoms with Gasteiger partial charge >= 0.3 is 0 Å². The molecule has 34 heavy (non-hydrogen) atoms. The zero-order chi connectivity index (χ0) is 24.2. The number of ether oxygens (including phenoxy) is 1. The Morgan fingerprint density at radius 3 is 2.59 bits per heavy atom. The van der Waals surface area contributed by atoms with E-state index in [4.69, 9.17) is 9.72 Å². The number of thiophene rings is 1. The molecule has 176 valence electrons. The van der Waals surface area contributed by atoms with Crippen LogP contribution >= 0.6 is 23.1 Å². The van der Waals surface area contributed by atoms with Crippen molar-refractivity contribution in [3.63, 3.8) is 0 Å². The molecule has 2 heterocycles. The number of carbonyl (C=O) groups is 1. The Balaban J connectivity index is 1.62. The second-order valence-corrected chi connectivity index (χ2v) is 10.5. The van der Waals surface area contributed by atoms with E-state index in [1.165, 1.54) is 23.1 Å². The third-order valence-electron chi connectivity index (χ3n) is 5.69. The molecule has 1 N–H and O–H groups in total. The van der Waals surface area contributed by atoms with Crippen molar-refractivity contribution in [2.45, 2.75) is 37.7 Å². The minimum absolute atomic E-state index is 0.0894. The number of carbonyl (C=O) groups excluding carboxylic acids is 1. The first-order valence-electron chi connectivity index (χ1n) is 11.0. The van der Waals surface area contributed by atoms with Crippen LogP contribution in [0, 0.1) is 13.8 Å². The quantitative estimate of drug-likeness (QED) is 0.259. The van der Waals surface area contributed by atoms with Gasteiger partial charge in [-0.15, -0.1) is 11.3 Å². The standard InChI is InChI=1S/C26H27N3O3S2/c1-16-17(2)33-24-22(16)25(31)29(14-15-32-4)26(28-24)34-18(3)23(30)27-21-13-9-8-12-20(21)19-10-6-5-7-11-19/h5-13,18H,14-15H2,1-4H3,(H,27,30). The molecule has 0 aliphatic heterocycles. The van der Waals surface area contributed by atoms with Gasteiger partial charge in [0.15, 0.2) is 5.16 Å². The Morgan fingerprint density at radius 1 is 1.15 bits per heavy atom. The maximum Gasteiger partial charge on any atom is 0.263 e. The van der Waals surface area contributed by atoms with Gasteiger partial charge in [-0.25, -0.2) is 4.98 Å². The van der Waals surface area contributed by atoms with Gasteiger partial charge < -0.3 is 10.1 Å². The summed E-state index contributed by atoms with van der Waals surface area (Å²) in [6.07, 6.45) is 0. The number of aryl methyl sites for hydroxylation is 2. The van der Waals surface area contributed by atoms with Crippen molar-refractivity contribution in [1.82, 2.24) is 9.55 Å². The molecular formula is C26H27N3O3S2. The first-order valence-corrected chi connectivity index (χ1v) is 12.7. The van der Waals surface area contributed by atoms with E-state index in [2.05, 4.69) is 5.32 Å². The predicted molar refractivity (Wildman–Crippen MR) is 141 cm³/mol. The smallest absolute Gasteiger partial charge is 0.263 e. The van der Waals surface area contributed by atoms with E-state index in [-0.39, 0.29) is 11.5 Å². The lowest BCUT2D eigenvalue weighted by atomic mass is 10.0. The lowest BCUT2D eigenvalue weighted by Gasteiger charge is -2.17. The summed E-state index contributed by atoms with van der Waals surface area (Å²) in [5.41, 5.74) is 3.60. The molecule has 1 amide bonds. The van der Waals surface area contributed by atoms with Gasteiger partial charge in [-0.3, -0.25) is 14.2 Å². The molecule has 2 aromatic carbocycles. The highest BCUT2D eigenvalue weighted by Crippen LogP contribution is 2.31. The molecule has 2 aromatic heterocycles. The van der Waals surface area contributed by atoms with E-state index in [1.54, 1.807) is 11.7 Å².